The Morgan fingerprint density at radius 3 is 2.53 bits per heavy atom. The number of aliphatic hydroxyl groups is 1. The van der Waals surface area contributed by atoms with Gasteiger partial charge in [-0.1, -0.05) is 6.58 Å². The van der Waals surface area contributed by atoms with E-state index in [2.05, 4.69) is 16.9 Å². The fraction of sp³-hybridized carbons (Fsp3) is 0.583. The number of nitrogens with one attached hydrogen (secondary N) is 1. The van der Waals surface area contributed by atoms with Gasteiger partial charge in [-0.05, 0) is 60.0 Å². The molecule has 0 fully saturated rings. The van der Waals surface area contributed by atoms with E-state index >= 15 is 0 Å². The Bertz CT molecular complexity index is 907. The van der Waals surface area contributed by atoms with Gasteiger partial charge in [0.1, 0.15) is 23.9 Å². The van der Waals surface area contributed by atoms with Gasteiger partial charge in [-0.3, -0.25) is 9.79 Å². The Kier molecular flexibility index (Phi) is 8.18. The van der Waals surface area contributed by atoms with Crippen molar-refractivity contribution in [1.82, 2.24) is 15.3 Å². The molecule has 8 nitrogen and oxygen atoms in total. The van der Waals surface area contributed by atoms with Gasteiger partial charge in [-0.15, -0.1) is 0 Å². The molecule has 32 heavy (non-hydrogen) atoms. The van der Waals surface area contributed by atoms with E-state index in [1.165, 1.54) is 0 Å². The summed E-state index contributed by atoms with van der Waals surface area (Å²) in [6.45, 7) is 13.3. The standard InChI is InChI=1S/C24H37N5O3/c1-9-16(32-15-24(5,6)31)13-19(25-7)21-26-18-12-10-11-17(18)22(27-21)29(8)14-20(30)28-23(2,3)4/h9,13,31H,1,10-12,14-15H2,2-8H3,(H,28,30)/b16-13+,25-19?. The van der Waals surface area contributed by atoms with Gasteiger partial charge < -0.3 is 20.1 Å². The first-order valence-corrected chi connectivity index (χ1v) is 10.9. The number of fused-ring (bicyclic) bond motifs is 1. The van der Waals surface area contributed by atoms with E-state index in [0.717, 1.165) is 36.3 Å². The van der Waals surface area contributed by atoms with Crippen LogP contribution in [0.5, 0.6) is 0 Å². The van der Waals surface area contributed by atoms with E-state index in [0.29, 0.717) is 17.3 Å². The lowest BCUT2D eigenvalue weighted by atomic mass is 10.1. The Morgan fingerprint density at radius 1 is 1.28 bits per heavy atom. The third-order valence-corrected chi connectivity index (χ3v) is 4.71. The molecule has 0 saturated heterocycles. The van der Waals surface area contributed by atoms with Crippen LogP contribution >= 0.6 is 0 Å². The lowest BCUT2D eigenvalue weighted by molar-refractivity contribution is -0.121. The molecule has 0 bridgehead atoms. The quantitative estimate of drug-likeness (QED) is 0.346. The number of rotatable bonds is 9. The van der Waals surface area contributed by atoms with Crippen molar-refractivity contribution in [2.45, 2.75) is 65.0 Å². The van der Waals surface area contributed by atoms with Gasteiger partial charge in [0.15, 0.2) is 5.82 Å². The number of hydrogen-bond donors (Lipinski definition) is 2. The lowest BCUT2D eigenvalue weighted by Crippen LogP contribution is -2.45. The number of nitrogens with zero attached hydrogens (tertiary/aromatic N) is 4. The Balaban J connectivity index is 2.35. The van der Waals surface area contributed by atoms with E-state index in [4.69, 9.17) is 14.7 Å². The predicted molar refractivity (Wildman–Crippen MR) is 128 cm³/mol. The Hall–Kier alpha value is -2.74. The van der Waals surface area contributed by atoms with Crippen molar-refractivity contribution in [3.63, 3.8) is 0 Å². The van der Waals surface area contributed by atoms with Crippen LogP contribution in [0.25, 0.3) is 0 Å². The van der Waals surface area contributed by atoms with Gasteiger partial charge in [-0.2, -0.15) is 0 Å². The summed E-state index contributed by atoms with van der Waals surface area (Å²) >= 11 is 0. The van der Waals surface area contributed by atoms with Crippen LogP contribution in [0, 0.1) is 0 Å². The van der Waals surface area contributed by atoms with Crippen molar-refractivity contribution in [2.24, 2.45) is 4.99 Å². The second kappa shape index (κ2) is 10.3. The van der Waals surface area contributed by atoms with Crippen molar-refractivity contribution >= 4 is 17.4 Å². The van der Waals surface area contributed by atoms with Gasteiger partial charge in [0.05, 0.1) is 12.1 Å². The number of amides is 1. The molecule has 1 aliphatic carbocycles. The maximum Gasteiger partial charge on any atom is 0.239 e. The van der Waals surface area contributed by atoms with Crippen LogP contribution in [-0.2, 0) is 22.4 Å². The highest BCUT2D eigenvalue weighted by atomic mass is 16.5. The van der Waals surface area contributed by atoms with Gasteiger partial charge >= 0.3 is 0 Å². The first-order chi connectivity index (χ1) is 14.8. The average molecular weight is 444 g/mol. The molecule has 1 amide bonds. The van der Waals surface area contributed by atoms with Crippen LogP contribution < -0.4 is 10.2 Å². The number of hydrogen-bond acceptors (Lipinski definition) is 7. The van der Waals surface area contributed by atoms with Crippen molar-refractivity contribution in [1.29, 1.82) is 0 Å². The molecule has 1 aliphatic rings. The average Bonchev–Trinajstić information content (AvgIpc) is 3.13. The maximum absolute atomic E-state index is 12.5. The van der Waals surface area contributed by atoms with E-state index in [1.807, 2.05) is 32.7 Å². The zero-order valence-corrected chi connectivity index (χ0v) is 20.4. The normalized spacial score (nSPS) is 14.8. The van der Waals surface area contributed by atoms with Crippen LogP contribution in [-0.4, -0.2) is 65.1 Å². The molecule has 0 radical (unpaired) electrons. The fourth-order valence-electron chi connectivity index (χ4n) is 3.37. The first kappa shape index (κ1) is 25.5. The maximum atomic E-state index is 12.5. The Labute approximate surface area is 191 Å². The van der Waals surface area contributed by atoms with Gasteiger partial charge in [0.2, 0.25) is 5.91 Å². The molecule has 1 aromatic heterocycles. The molecule has 2 rings (SSSR count). The van der Waals surface area contributed by atoms with E-state index in [9.17, 15) is 9.90 Å². The second-order valence-electron chi connectivity index (χ2n) is 9.76. The minimum absolute atomic E-state index is 0.0647. The summed E-state index contributed by atoms with van der Waals surface area (Å²) in [7, 11) is 3.53. The summed E-state index contributed by atoms with van der Waals surface area (Å²) in [6, 6.07) is 0. The molecule has 0 atom stereocenters. The number of carbonyl (C=O) groups excluding carboxylic acids is 1. The topological polar surface area (TPSA) is 99.9 Å². The van der Waals surface area contributed by atoms with E-state index in [-0.39, 0.29) is 24.6 Å². The smallest absolute Gasteiger partial charge is 0.239 e. The lowest BCUT2D eigenvalue weighted by Gasteiger charge is -2.25. The molecular formula is C24H37N5O3. The largest absolute Gasteiger partial charge is 0.491 e. The zero-order valence-electron chi connectivity index (χ0n) is 20.4. The predicted octanol–water partition coefficient (Wildman–Crippen LogP) is 2.59. The number of aromatic nitrogens is 2. The molecule has 0 aliphatic heterocycles. The van der Waals surface area contributed by atoms with Crippen molar-refractivity contribution in [2.75, 3.05) is 32.1 Å². The minimum Gasteiger partial charge on any atom is -0.491 e. The third-order valence-electron chi connectivity index (χ3n) is 4.71. The molecule has 8 heteroatoms. The SMILES string of the molecule is C=C/C(=C\C(=NC)c1nc2c(c(N(C)CC(=O)NC(C)(C)C)n1)CCC2)OCC(C)(C)O. The van der Waals surface area contributed by atoms with Gasteiger partial charge in [-0.25, -0.2) is 9.97 Å². The number of allylic oxidation sites excluding steroid dienone is 2. The highest BCUT2D eigenvalue weighted by Gasteiger charge is 2.24. The summed E-state index contributed by atoms with van der Waals surface area (Å²) in [6.07, 6.45) is 6.03. The monoisotopic (exact) mass is 443 g/mol. The number of carbonyl (C=O) groups is 1. The third kappa shape index (κ3) is 7.44. The number of aryl methyl sites for hydroxylation is 1. The van der Waals surface area contributed by atoms with E-state index in [1.54, 1.807) is 33.0 Å². The number of aliphatic imine (C=N–C) groups is 1. The van der Waals surface area contributed by atoms with E-state index < -0.39 is 5.60 Å². The number of anilines is 1. The van der Waals surface area contributed by atoms with Crippen molar-refractivity contribution in [3.05, 3.63) is 41.6 Å². The first-order valence-electron chi connectivity index (χ1n) is 10.9. The van der Waals surface area contributed by atoms with Gasteiger partial charge in [0, 0.05) is 37.0 Å². The molecule has 0 aromatic carbocycles. The molecule has 0 unspecified atom stereocenters. The zero-order chi connectivity index (χ0) is 24.1. The van der Waals surface area contributed by atoms with Crippen LogP contribution in [0.3, 0.4) is 0 Å². The summed E-state index contributed by atoms with van der Waals surface area (Å²) in [5.74, 6) is 1.62. The van der Waals surface area contributed by atoms with Gasteiger partial charge in [0.25, 0.3) is 0 Å². The summed E-state index contributed by atoms with van der Waals surface area (Å²) in [5.41, 5.74) is 1.34. The van der Waals surface area contributed by atoms with Crippen LogP contribution in [0.15, 0.2) is 29.5 Å². The molecule has 176 valence electrons. The van der Waals surface area contributed by atoms with Crippen LogP contribution in [0.1, 0.15) is 58.1 Å². The number of ether oxygens (including phenoxy) is 1. The van der Waals surface area contributed by atoms with Crippen LogP contribution in [0.4, 0.5) is 5.82 Å². The molecule has 2 N–H and O–H groups in total. The molecule has 1 heterocycles. The Morgan fingerprint density at radius 2 is 1.97 bits per heavy atom. The molecular weight excluding hydrogens is 406 g/mol. The summed E-state index contributed by atoms with van der Waals surface area (Å²) in [5, 5.41) is 12.9. The fourth-order valence-corrected chi connectivity index (χ4v) is 3.37. The van der Waals surface area contributed by atoms with Crippen LogP contribution in [0.2, 0.25) is 0 Å². The summed E-state index contributed by atoms with van der Waals surface area (Å²) < 4.78 is 5.67. The highest BCUT2D eigenvalue weighted by molar-refractivity contribution is 6.06. The number of likely N-dealkylation sites (N-methyl/N-ethyl adjacent to an activating group) is 1. The summed E-state index contributed by atoms with van der Waals surface area (Å²) in [4.78, 5) is 28.2. The minimum atomic E-state index is -0.973. The van der Waals surface area contributed by atoms with Crippen molar-refractivity contribution < 1.29 is 14.6 Å². The molecule has 1 aromatic rings. The van der Waals surface area contributed by atoms with Crippen molar-refractivity contribution in [3.8, 4) is 0 Å². The highest BCUT2D eigenvalue weighted by Crippen LogP contribution is 2.28. The molecule has 0 spiro atoms. The molecule has 0 saturated carbocycles. The second-order valence-corrected chi connectivity index (χ2v) is 9.76.